The normalized spacial score (nSPS) is 12.0. The van der Waals surface area contributed by atoms with Crippen molar-refractivity contribution in [3.8, 4) is 0 Å². The van der Waals surface area contributed by atoms with Gasteiger partial charge in [0.05, 0.1) is 4.92 Å². The lowest BCUT2D eigenvalue weighted by atomic mass is 10.2. The molecule has 0 fully saturated rings. The number of aryl methyl sites for hydroxylation is 1. The van der Waals surface area contributed by atoms with Crippen molar-refractivity contribution >= 4 is 17.3 Å². The van der Waals surface area contributed by atoms with E-state index in [4.69, 9.17) is 0 Å². The number of benzene rings is 1. The molecule has 0 bridgehead atoms. The maximum absolute atomic E-state index is 12.2. The number of amides is 1. The molecule has 21 heavy (non-hydrogen) atoms. The highest BCUT2D eigenvalue weighted by Crippen LogP contribution is 2.25. The number of nitrogens with one attached hydrogen (secondary N) is 1. The van der Waals surface area contributed by atoms with E-state index in [2.05, 4.69) is 10.4 Å². The molecule has 0 saturated heterocycles. The van der Waals surface area contributed by atoms with Crippen LogP contribution in [0.15, 0.2) is 30.3 Å². The van der Waals surface area contributed by atoms with Crippen LogP contribution in [0.5, 0.6) is 0 Å². The summed E-state index contributed by atoms with van der Waals surface area (Å²) in [7, 11) is 0. The average molecular weight is 288 g/mol. The van der Waals surface area contributed by atoms with E-state index in [1.54, 1.807) is 32.9 Å². The summed E-state index contributed by atoms with van der Waals surface area (Å²) in [4.78, 5) is 22.7. The van der Waals surface area contributed by atoms with Gasteiger partial charge in [0.15, 0.2) is 0 Å². The third-order valence-electron chi connectivity index (χ3n) is 3.26. The van der Waals surface area contributed by atoms with Gasteiger partial charge in [-0.05, 0) is 32.9 Å². The van der Waals surface area contributed by atoms with Crippen molar-refractivity contribution in [2.75, 3.05) is 5.32 Å². The molecular weight excluding hydrogens is 272 g/mol. The van der Waals surface area contributed by atoms with Crippen molar-refractivity contribution in [2.45, 2.75) is 26.8 Å². The Labute approximate surface area is 121 Å². The third kappa shape index (κ3) is 2.91. The first kappa shape index (κ1) is 14.7. The van der Waals surface area contributed by atoms with Crippen LogP contribution in [0.3, 0.4) is 0 Å². The molecule has 1 N–H and O–H groups in total. The highest BCUT2D eigenvalue weighted by atomic mass is 16.6. The standard InChI is InChI=1S/C14H16N4O3/c1-9-13(18(20)21)10(2)17(16-9)11(3)14(19)15-12-7-5-4-6-8-12/h4-8,11H,1-3H3,(H,15,19)/t11-/m1/s1. The van der Waals surface area contributed by atoms with Crippen molar-refractivity contribution in [1.29, 1.82) is 0 Å². The summed E-state index contributed by atoms with van der Waals surface area (Å²) in [6.07, 6.45) is 0. The quantitative estimate of drug-likeness (QED) is 0.691. The highest BCUT2D eigenvalue weighted by Gasteiger charge is 2.26. The fraction of sp³-hybridized carbons (Fsp3) is 0.286. The van der Waals surface area contributed by atoms with Crippen LogP contribution in [-0.4, -0.2) is 20.6 Å². The van der Waals surface area contributed by atoms with Gasteiger partial charge in [0.25, 0.3) is 0 Å². The smallest absolute Gasteiger partial charge is 0.312 e. The number of hydrogen-bond acceptors (Lipinski definition) is 4. The topological polar surface area (TPSA) is 90.1 Å². The fourth-order valence-electron chi connectivity index (χ4n) is 2.17. The predicted molar refractivity (Wildman–Crippen MR) is 78.1 cm³/mol. The molecule has 7 nitrogen and oxygen atoms in total. The monoisotopic (exact) mass is 288 g/mol. The molecule has 1 heterocycles. The Bertz CT molecular complexity index is 679. The molecule has 1 amide bonds. The van der Waals surface area contributed by atoms with E-state index in [0.29, 0.717) is 17.1 Å². The van der Waals surface area contributed by atoms with Crippen molar-refractivity contribution < 1.29 is 9.72 Å². The first-order chi connectivity index (χ1) is 9.91. The number of nitrogens with zero attached hydrogens (tertiary/aromatic N) is 3. The summed E-state index contributed by atoms with van der Waals surface area (Å²) in [5.41, 5.74) is 1.30. The second-order valence-corrected chi connectivity index (χ2v) is 4.75. The van der Waals surface area contributed by atoms with E-state index >= 15 is 0 Å². The summed E-state index contributed by atoms with van der Waals surface area (Å²) < 4.78 is 1.38. The molecule has 1 aromatic carbocycles. The predicted octanol–water partition coefficient (Wildman–Crippen LogP) is 2.61. The number of rotatable bonds is 4. The zero-order valence-corrected chi connectivity index (χ0v) is 12.0. The molecule has 7 heteroatoms. The largest absolute Gasteiger partial charge is 0.324 e. The molecule has 0 spiro atoms. The second-order valence-electron chi connectivity index (χ2n) is 4.75. The van der Waals surface area contributed by atoms with Crippen molar-refractivity contribution in [3.05, 3.63) is 51.8 Å². The Morgan fingerprint density at radius 2 is 1.95 bits per heavy atom. The number of carbonyl (C=O) groups excluding carboxylic acids is 1. The van der Waals surface area contributed by atoms with Gasteiger partial charge in [-0.15, -0.1) is 0 Å². The lowest BCUT2D eigenvalue weighted by Crippen LogP contribution is -2.25. The first-order valence-corrected chi connectivity index (χ1v) is 6.48. The third-order valence-corrected chi connectivity index (χ3v) is 3.26. The summed E-state index contributed by atoms with van der Waals surface area (Å²) in [5.74, 6) is -0.276. The number of carbonyl (C=O) groups is 1. The molecular formula is C14H16N4O3. The summed E-state index contributed by atoms with van der Waals surface area (Å²) in [6.45, 7) is 4.80. The van der Waals surface area contributed by atoms with E-state index in [9.17, 15) is 14.9 Å². The van der Waals surface area contributed by atoms with Gasteiger partial charge < -0.3 is 5.32 Å². The van der Waals surface area contributed by atoms with Crippen molar-refractivity contribution in [3.63, 3.8) is 0 Å². The molecule has 1 atom stereocenters. The van der Waals surface area contributed by atoms with Crippen LogP contribution < -0.4 is 5.32 Å². The number of anilines is 1. The van der Waals surface area contributed by atoms with Gasteiger partial charge in [-0.25, -0.2) is 0 Å². The van der Waals surface area contributed by atoms with Crippen LogP contribution in [0.2, 0.25) is 0 Å². The summed E-state index contributed by atoms with van der Waals surface area (Å²) in [6, 6.07) is 8.38. The molecule has 110 valence electrons. The van der Waals surface area contributed by atoms with Gasteiger partial charge in [-0.2, -0.15) is 5.10 Å². The SMILES string of the molecule is Cc1nn([C@H](C)C(=O)Nc2ccccc2)c(C)c1[N+](=O)[O-]. The van der Waals surface area contributed by atoms with Crippen LogP contribution in [-0.2, 0) is 4.79 Å². The molecule has 0 aliphatic rings. The Balaban J connectivity index is 2.24. The minimum atomic E-state index is -0.641. The van der Waals surface area contributed by atoms with Gasteiger partial charge >= 0.3 is 5.69 Å². The molecule has 0 saturated carbocycles. The lowest BCUT2D eigenvalue weighted by molar-refractivity contribution is -0.386. The zero-order chi connectivity index (χ0) is 15.6. The van der Waals surface area contributed by atoms with E-state index in [-0.39, 0.29) is 11.6 Å². The molecule has 0 aliphatic carbocycles. The van der Waals surface area contributed by atoms with Crippen LogP contribution in [0.1, 0.15) is 24.4 Å². The lowest BCUT2D eigenvalue weighted by Gasteiger charge is -2.13. The molecule has 0 aliphatic heterocycles. The zero-order valence-electron chi connectivity index (χ0n) is 12.0. The minimum absolute atomic E-state index is 0.0469. The van der Waals surface area contributed by atoms with Gasteiger partial charge in [0.1, 0.15) is 17.4 Å². The highest BCUT2D eigenvalue weighted by molar-refractivity contribution is 5.93. The second kappa shape index (κ2) is 5.74. The number of nitro groups is 1. The van der Waals surface area contributed by atoms with Crippen molar-refractivity contribution in [1.82, 2.24) is 9.78 Å². The van der Waals surface area contributed by atoms with Gasteiger partial charge in [-0.3, -0.25) is 19.6 Å². The number of aromatic nitrogens is 2. The number of hydrogen-bond donors (Lipinski definition) is 1. The molecule has 0 radical (unpaired) electrons. The maximum atomic E-state index is 12.2. The molecule has 1 aromatic heterocycles. The molecule has 0 unspecified atom stereocenters. The van der Waals surface area contributed by atoms with Crippen LogP contribution in [0.25, 0.3) is 0 Å². The first-order valence-electron chi connectivity index (χ1n) is 6.48. The Morgan fingerprint density at radius 3 is 2.48 bits per heavy atom. The summed E-state index contributed by atoms with van der Waals surface area (Å²) in [5, 5.41) is 17.9. The van der Waals surface area contributed by atoms with E-state index in [0.717, 1.165) is 0 Å². The Hall–Kier alpha value is -2.70. The van der Waals surface area contributed by atoms with Crippen molar-refractivity contribution in [2.24, 2.45) is 0 Å². The van der Waals surface area contributed by atoms with E-state index in [1.807, 2.05) is 18.2 Å². The van der Waals surface area contributed by atoms with Gasteiger partial charge in [0, 0.05) is 5.69 Å². The van der Waals surface area contributed by atoms with Crippen LogP contribution >= 0.6 is 0 Å². The van der Waals surface area contributed by atoms with Gasteiger partial charge in [-0.1, -0.05) is 18.2 Å². The van der Waals surface area contributed by atoms with Crippen LogP contribution in [0, 0.1) is 24.0 Å². The molecule has 2 aromatic rings. The fourth-order valence-corrected chi connectivity index (χ4v) is 2.17. The average Bonchev–Trinajstić information content (AvgIpc) is 2.74. The molecule has 2 rings (SSSR count). The number of para-hydroxylation sites is 1. The van der Waals surface area contributed by atoms with Crippen LogP contribution in [0.4, 0.5) is 11.4 Å². The minimum Gasteiger partial charge on any atom is -0.324 e. The summed E-state index contributed by atoms with van der Waals surface area (Å²) >= 11 is 0. The van der Waals surface area contributed by atoms with E-state index < -0.39 is 11.0 Å². The van der Waals surface area contributed by atoms with E-state index in [1.165, 1.54) is 4.68 Å². The Kier molecular flexibility index (Phi) is 4.02. The maximum Gasteiger partial charge on any atom is 0.312 e. The Morgan fingerprint density at radius 1 is 1.33 bits per heavy atom. The van der Waals surface area contributed by atoms with Gasteiger partial charge in [0.2, 0.25) is 5.91 Å².